The highest BCUT2D eigenvalue weighted by Crippen LogP contribution is 2.12. The van der Waals surface area contributed by atoms with E-state index in [2.05, 4.69) is 15.0 Å². The third-order valence-electron chi connectivity index (χ3n) is 1.76. The first kappa shape index (κ1) is 10.3. The van der Waals surface area contributed by atoms with Crippen molar-refractivity contribution in [2.45, 2.75) is 6.92 Å². The van der Waals surface area contributed by atoms with E-state index in [4.69, 9.17) is 0 Å². The molecule has 0 saturated carbocycles. The van der Waals surface area contributed by atoms with E-state index < -0.39 is 0 Å². The van der Waals surface area contributed by atoms with E-state index in [9.17, 15) is 4.79 Å². The Hall–Kier alpha value is -1.78. The molecule has 1 aromatic rings. The van der Waals surface area contributed by atoms with Gasteiger partial charge >= 0.3 is 0 Å². The third-order valence-corrected chi connectivity index (χ3v) is 1.76. The minimum atomic E-state index is 0.307. The lowest BCUT2D eigenvalue weighted by molar-refractivity contribution is 0.111. The summed E-state index contributed by atoms with van der Waals surface area (Å²) in [5, 5.41) is 0. The number of aldehydes is 1. The number of rotatable bonds is 2. The number of hydrogen-bond donors (Lipinski definition) is 0. The molecule has 0 aliphatic carbocycles. The van der Waals surface area contributed by atoms with Crippen LogP contribution in [0.15, 0.2) is 17.5 Å². The van der Waals surface area contributed by atoms with Gasteiger partial charge < -0.3 is 4.90 Å². The van der Waals surface area contributed by atoms with E-state index in [1.807, 2.05) is 25.9 Å². The van der Waals surface area contributed by atoms with Crippen LogP contribution in [0.3, 0.4) is 0 Å². The van der Waals surface area contributed by atoms with Crippen molar-refractivity contribution in [3.63, 3.8) is 0 Å². The van der Waals surface area contributed by atoms with Gasteiger partial charge in [0, 0.05) is 14.1 Å². The minimum Gasteiger partial charge on any atom is -0.366 e. The van der Waals surface area contributed by atoms with Gasteiger partial charge in [0.15, 0.2) is 6.29 Å². The number of carbonyl (C=O) groups excluding carboxylic acids is 1. The number of amidine groups is 1. The molecule has 1 rings (SSSR count). The summed E-state index contributed by atoms with van der Waals surface area (Å²) >= 11 is 0. The minimum absolute atomic E-state index is 0.307. The Kier molecular flexibility index (Phi) is 3.28. The number of carbonyl (C=O) groups is 1. The van der Waals surface area contributed by atoms with Gasteiger partial charge in [0.2, 0.25) is 0 Å². The Morgan fingerprint density at radius 1 is 1.57 bits per heavy atom. The monoisotopic (exact) mass is 192 g/mol. The average molecular weight is 192 g/mol. The van der Waals surface area contributed by atoms with Crippen molar-refractivity contribution in [2.75, 3.05) is 14.1 Å². The molecular formula is C9H12N4O. The van der Waals surface area contributed by atoms with Crippen molar-refractivity contribution in [2.24, 2.45) is 4.99 Å². The molecule has 0 N–H and O–H groups in total. The molecule has 0 aromatic carbocycles. The van der Waals surface area contributed by atoms with Gasteiger partial charge in [0.1, 0.15) is 23.5 Å². The molecule has 0 aliphatic rings. The summed E-state index contributed by atoms with van der Waals surface area (Å²) in [6.45, 7) is 1.85. The molecule has 0 spiro atoms. The van der Waals surface area contributed by atoms with Crippen LogP contribution in [0.5, 0.6) is 0 Å². The Morgan fingerprint density at radius 3 is 2.86 bits per heavy atom. The quantitative estimate of drug-likeness (QED) is 0.397. The van der Waals surface area contributed by atoms with Crippen LogP contribution in [0.2, 0.25) is 0 Å². The first-order valence-corrected chi connectivity index (χ1v) is 4.13. The topological polar surface area (TPSA) is 58.5 Å². The normalized spacial score (nSPS) is 11.2. The zero-order chi connectivity index (χ0) is 10.6. The van der Waals surface area contributed by atoms with E-state index in [0.717, 1.165) is 5.84 Å². The lowest BCUT2D eigenvalue weighted by Gasteiger charge is -2.10. The fourth-order valence-electron chi connectivity index (χ4n) is 0.783. The van der Waals surface area contributed by atoms with Crippen molar-refractivity contribution in [1.82, 2.24) is 14.9 Å². The molecule has 0 fully saturated rings. The summed E-state index contributed by atoms with van der Waals surface area (Å²) in [4.78, 5) is 24.3. The van der Waals surface area contributed by atoms with Gasteiger partial charge in [-0.3, -0.25) is 4.79 Å². The maximum Gasteiger partial charge on any atom is 0.170 e. The van der Waals surface area contributed by atoms with Crippen LogP contribution in [0.25, 0.3) is 0 Å². The molecule has 0 radical (unpaired) electrons. The highest BCUT2D eigenvalue weighted by atomic mass is 16.1. The van der Waals surface area contributed by atoms with Gasteiger partial charge in [0.05, 0.1) is 6.20 Å². The molecule has 5 heteroatoms. The van der Waals surface area contributed by atoms with Gasteiger partial charge in [-0.1, -0.05) is 0 Å². The summed E-state index contributed by atoms with van der Waals surface area (Å²) < 4.78 is 0. The molecule has 14 heavy (non-hydrogen) atoms. The predicted molar refractivity (Wildman–Crippen MR) is 53.9 cm³/mol. The summed E-state index contributed by atoms with van der Waals surface area (Å²) in [6, 6.07) is 0. The number of aromatic nitrogens is 2. The third kappa shape index (κ3) is 2.35. The summed E-state index contributed by atoms with van der Waals surface area (Å²) in [7, 11) is 3.76. The second-order valence-corrected chi connectivity index (χ2v) is 2.96. The smallest absolute Gasteiger partial charge is 0.170 e. The Morgan fingerprint density at radius 2 is 2.29 bits per heavy atom. The van der Waals surface area contributed by atoms with E-state index in [-0.39, 0.29) is 0 Å². The first-order valence-electron chi connectivity index (χ1n) is 4.13. The number of aliphatic imine (C=N–C) groups is 1. The summed E-state index contributed by atoms with van der Waals surface area (Å²) in [5.41, 5.74) is 0.801. The van der Waals surface area contributed by atoms with Crippen LogP contribution in [0.1, 0.15) is 17.4 Å². The van der Waals surface area contributed by atoms with Gasteiger partial charge in [-0.2, -0.15) is 0 Å². The van der Waals surface area contributed by atoms with Gasteiger partial charge in [-0.25, -0.2) is 15.0 Å². The van der Waals surface area contributed by atoms with Crippen molar-refractivity contribution in [3.8, 4) is 0 Å². The van der Waals surface area contributed by atoms with Crippen LogP contribution in [-0.4, -0.2) is 41.1 Å². The lowest BCUT2D eigenvalue weighted by atomic mass is 10.4. The summed E-state index contributed by atoms with van der Waals surface area (Å²) in [5.74, 6) is 0.794. The fourth-order valence-corrected chi connectivity index (χ4v) is 0.783. The standard InChI is InChI=1S/C9H12N4O/c1-7(13(2)3)12-8-4-10-6-11-9(8)5-14/h4-6H,1-3H3. The molecule has 5 nitrogen and oxygen atoms in total. The zero-order valence-corrected chi connectivity index (χ0v) is 8.43. The highest BCUT2D eigenvalue weighted by molar-refractivity contribution is 5.86. The Labute approximate surface area is 82.5 Å². The van der Waals surface area contributed by atoms with Crippen molar-refractivity contribution in [1.29, 1.82) is 0 Å². The second kappa shape index (κ2) is 4.45. The Bertz CT molecular complexity index is 360. The molecule has 0 unspecified atom stereocenters. The predicted octanol–water partition coefficient (Wildman–Crippen LogP) is 0.901. The van der Waals surface area contributed by atoms with Crippen molar-refractivity contribution < 1.29 is 4.79 Å². The largest absolute Gasteiger partial charge is 0.366 e. The number of nitrogens with zero attached hydrogens (tertiary/aromatic N) is 4. The van der Waals surface area contributed by atoms with Gasteiger partial charge in [-0.15, -0.1) is 0 Å². The van der Waals surface area contributed by atoms with Crippen LogP contribution in [0, 0.1) is 0 Å². The molecule has 74 valence electrons. The van der Waals surface area contributed by atoms with Crippen LogP contribution < -0.4 is 0 Å². The molecule has 0 amide bonds. The fraction of sp³-hybridized carbons (Fsp3) is 0.333. The molecule has 1 aromatic heterocycles. The maximum atomic E-state index is 10.6. The zero-order valence-electron chi connectivity index (χ0n) is 8.43. The van der Waals surface area contributed by atoms with E-state index in [0.29, 0.717) is 17.7 Å². The molecular weight excluding hydrogens is 180 g/mol. The molecule has 0 bridgehead atoms. The molecule has 0 saturated heterocycles. The van der Waals surface area contributed by atoms with E-state index in [1.165, 1.54) is 12.5 Å². The molecule has 0 aliphatic heterocycles. The summed E-state index contributed by atoms with van der Waals surface area (Å²) in [6.07, 6.45) is 3.51. The van der Waals surface area contributed by atoms with Gasteiger partial charge in [0.25, 0.3) is 0 Å². The average Bonchev–Trinajstić information content (AvgIpc) is 2.18. The van der Waals surface area contributed by atoms with E-state index in [1.54, 1.807) is 0 Å². The lowest BCUT2D eigenvalue weighted by Crippen LogP contribution is -2.18. The number of hydrogen-bond acceptors (Lipinski definition) is 4. The SMILES string of the molecule is CC(=Nc1cncnc1C=O)N(C)C. The second-order valence-electron chi connectivity index (χ2n) is 2.96. The van der Waals surface area contributed by atoms with Crippen LogP contribution >= 0.6 is 0 Å². The molecule has 0 atom stereocenters. The van der Waals surface area contributed by atoms with Crippen LogP contribution in [0.4, 0.5) is 5.69 Å². The Balaban J connectivity index is 3.07. The molecule has 1 heterocycles. The van der Waals surface area contributed by atoms with Crippen molar-refractivity contribution in [3.05, 3.63) is 18.2 Å². The van der Waals surface area contributed by atoms with Crippen LogP contribution in [-0.2, 0) is 0 Å². The van der Waals surface area contributed by atoms with E-state index >= 15 is 0 Å². The van der Waals surface area contributed by atoms with Gasteiger partial charge in [-0.05, 0) is 6.92 Å². The first-order chi connectivity index (χ1) is 6.65. The highest BCUT2D eigenvalue weighted by Gasteiger charge is 2.02. The van der Waals surface area contributed by atoms with Crippen molar-refractivity contribution >= 4 is 17.8 Å². The maximum absolute atomic E-state index is 10.6.